The fraction of sp³-hybridized carbons (Fsp3) is 0.409. The number of sulfonamides is 1. The van der Waals surface area contributed by atoms with Gasteiger partial charge in [0.05, 0.1) is 24.8 Å². The van der Waals surface area contributed by atoms with Crippen LogP contribution in [0.25, 0.3) is 0 Å². The Kier molecular flexibility index (Phi) is 7.86. The molecule has 0 unspecified atom stereocenters. The van der Waals surface area contributed by atoms with Crippen LogP contribution in [0.2, 0.25) is 10.0 Å². The van der Waals surface area contributed by atoms with Crippen molar-refractivity contribution in [1.29, 1.82) is 0 Å². The first kappa shape index (κ1) is 23.9. The van der Waals surface area contributed by atoms with Gasteiger partial charge in [-0.3, -0.25) is 4.79 Å². The molecule has 0 radical (unpaired) electrons. The number of ether oxygens (including phenoxy) is 1. The molecule has 1 heterocycles. The lowest BCUT2D eigenvalue weighted by atomic mass is 9.97. The lowest BCUT2D eigenvalue weighted by Crippen LogP contribution is -2.46. The largest absolute Gasteiger partial charge is 0.496 e. The standard InChI is InChI=1S/C22H26Cl2N2O4S/c1-15(19-7-3-4-8-21(19)30-2)25-22(27)16-6-5-11-26(13-16)31(28,29)14-17-9-10-18(23)12-20(17)24/h3-4,7-10,12,15-16H,5-6,11,13-14H2,1-2H3,(H,25,27)/t15-,16-/m1/s1. The van der Waals surface area contributed by atoms with Crippen LogP contribution in [-0.4, -0.2) is 38.8 Å². The van der Waals surface area contributed by atoms with E-state index >= 15 is 0 Å². The van der Waals surface area contributed by atoms with E-state index in [0.29, 0.717) is 40.7 Å². The highest BCUT2D eigenvalue weighted by atomic mass is 35.5. The summed E-state index contributed by atoms with van der Waals surface area (Å²) in [5.74, 6) is -0.109. The molecule has 9 heteroatoms. The van der Waals surface area contributed by atoms with Crippen molar-refractivity contribution in [3.05, 3.63) is 63.6 Å². The van der Waals surface area contributed by atoms with Gasteiger partial charge in [-0.25, -0.2) is 12.7 Å². The van der Waals surface area contributed by atoms with Crippen LogP contribution in [0.3, 0.4) is 0 Å². The number of hydrogen-bond acceptors (Lipinski definition) is 4. The summed E-state index contributed by atoms with van der Waals surface area (Å²) < 4.78 is 32.7. The van der Waals surface area contributed by atoms with E-state index in [1.807, 2.05) is 31.2 Å². The molecular formula is C22H26Cl2N2O4S. The number of carbonyl (C=O) groups excluding carboxylic acids is 1. The predicted molar refractivity (Wildman–Crippen MR) is 123 cm³/mol. The van der Waals surface area contributed by atoms with Crippen LogP contribution >= 0.6 is 23.2 Å². The van der Waals surface area contributed by atoms with E-state index in [4.69, 9.17) is 27.9 Å². The van der Waals surface area contributed by atoms with E-state index in [2.05, 4.69) is 5.32 Å². The zero-order valence-corrected chi connectivity index (χ0v) is 19.8. The zero-order valence-electron chi connectivity index (χ0n) is 17.5. The number of amides is 1. The molecule has 1 amide bonds. The summed E-state index contributed by atoms with van der Waals surface area (Å²) in [5.41, 5.74) is 1.36. The fourth-order valence-electron chi connectivity index (χ4n) is 3.77. The second-order valence-electron chi connectivity index (χ2n) is 7.66. The van der Waals surface area contributed by atoms with Gasteiger partial charge in [-0.2, -0.15) is 0 Å². The number of piperidine rings is 1. The summed E-state index contributed by atoms with van der Waals surface area (Å²) in [4.78, 5) is 12.9. The Morgan fingerprint density at radius 2 is 2.00 bits per heavy atom. The van der Waals surface area contributed by atoms with Crippen molar-refractivity contribution in [3.8, 4) is 5.75 Å². The van der Waals surface area contributed by atoms with Gasteiger partial charge in [0.25, 0.3) is 0 Å². The molecule has 1 N–H and O–H groups in total. The van der Waals surface area contributed by atoms with E-state index in [-0.39, 0.29) is 24.2 Å². The highest BCUT2D eigenvalue weighted by Gasteiger charge is 2.33. The topological polar surface area (TPSA) is 75.7 Å². The van der Waals surface area contributed by atoms with Gasteiger partial charge in [0, 0.05) is 28.7 Å². The van der Waals surface area contributed by atoms with Crippen molar-refractivity contribution < 1.29 is 17.9 Å². The van der Waals surface area contributed by atoms with Gasteiger partial charge in [0.15, 0.2) is 0 Å². The quantitative estimate of drug-likeness (QED) is 0.630. The molecule has 168 valence electrons. The third-order valence-corrected chi connectivity index (χ3v) is 7.85. The Morgan fingerprint density at radius 3 is 2.71 bits per heavy atom. The minimum absolute atomic E-state index is 0.151. The molecule has 0 bridgehead atoms. The van der Waals surface area contributed by atoms with Crippen molar-refractivity contribution in [3.63, 3.8) is 0 Å². The summed E-state index contributed by atoms with van der Waals surface area (Å²) in [7, 11) is -2.04. The first-order valence-corrected chi connectivity index (χ1v) is 12.4. The second kappa shape index (κ2) is 10.2. The average Bonchev–Trinajstić information content (AvgIpc) is 2.75. The third kappa shape index (κ3) is 5.92. The van der Waals surface area contributed by atoms with Crippen LogP contribution in [-0.2, 0) is 20.6 Å². The lowest BCUT2D eigenvalue weighted by molar-refractivity contribution is -0.126. The molecule has 0 saturated carbocycles. The Morgan fingerprint density at radius 1 is 1.26 bits per heavy atom. The number of nitrogens with one attached hydrogen (secondary N) is 1. The van der Waals surface area contributed by atoms with Gasteiger partial charge in [0.1, 0.15) is 5.75 Å². The zero-order chi connectivity index (χ0) is 22.6. The Balaban J connectivity index is 1.67. The van der Waals surface area contributed by atoms with Gasteiger partial charge in [-0.15, -0.1) is 0 Å². The number of hydrogen-bond donors (Lipinski definition) is 1. The number of para-hydroxylation sites is 1. The van der Waals surface area contributed by atoms with E-state index in [9.17, 15) is 13.2 Å². The smallest absolute Gasteiger partial charge is 0.224 e. The van der Waals surface area contributed by atoms with Crippen LogP contribution in [0.5, 0.6) is 5.75 Å². The van der Waals surface area contributed by atoms with Crippen LogP contribution in [0.4, 0.5) is 0 Å². The predicted octanol–water partition coefficient (Wildman–Crippen LogP) is 4.42. The molecule has 0 aliphatic carbocycles. The SMILES string of the molecule is COc1ccccc1[C@@H](C)NC(=O)[C@@H]1CCCN(S(=O)(=O)Cc2ccc(Cl)cc2Cl)C1. The second-order valence-corrected chi connectivity index (χ2v) is 10.5. The highest BCUT2D eigenvalue weighted by Crippen LogP contribution is 2.28. The molecule has 31 heavy (non-hydrogen) atoms. The first-order chi connectivity index (χ1) is 14.7. The number of nitrogens with zero attached hydrogens (tertiary/aromatic N) is 1. The molecule has 0 aromatic heterocycles. The Labute approximate surface area is 193 Å². The highest BCUT2D eigenvalue weighted by molar-refractivity contribution is 7.88. The summed E-state index contributed by atoms with van der Waals surface area (Å²) in [6.07, 6.45) is 1.26. The molecule has 3 rings (SSSR count). The van der Waals surface area contributed by atoms with Crippen LogP contribution in [0.15, 0.2) is 42.5 Å². The monoisotopic (exact) mass is 484 g/mol. The van der Waals surface area contributed by atoms with Gasteiger partial charge < -0.3 is 10.1 Å². The number of halogens is 2. The van der Waals surface area contributed by atoms with E-state index in [1.165, 1.54) is 10.4 Å². The van der Waals surface area contributed by atoms with Gasteiger partial charge in [-0.05, 0) is 43.5 Å². The molecule has 2 atom stereocenters. The number of benzene rings is 2. The Hall–Kier alpha value is -1.80. The van der Waals surface area contributed by atoms with Crippen molar-refractivity contribution in [2.24, 2.45) is 5.92 Å². The molecule has 2 aromatic rings. The molecule has 1 fully saturated rings. The maximum absolute atomic E-state index is 13.0. The normalized spacial score (nSPS) is 18.4. The lowest BCUT2D eigenvalue weighted by Gasteiger charge is -2.32. The fourth-order valence-corrected chi connectivity index (χ4v) is 5.96. The van der Waals surface area contributed by atoms with Crippen molar-refractivity contribution in [2.45, 2.75) is 31.6 Å². The number of carbonyl (C=O) groups is 1. The molecule has 0 spiro atoms. The van der Waals surface area contributed by atoms with Crippen LogP contribution < -0.4 is 10.1 Å². The van der Waals surface area contributed by atoms with Gasteiger partial charge >= 0.3 is 0 Å². The molecule has 1 aliphatic rings. The van der Waals surface area contributed by atoms with Gasteiger partial charge in [0.2, 0.25) is 15.9 Å². The third-order valence-electron chi connectivity index (χ3n) is 5.47. The van der Waals surface area contributed by atoms with Crippen LogP contribution in [0, 0.1) is 5.92 Å². The minimum atomic E-state index is -3.62. The molecular weight excluding hydrogens is 459 g/mol. The maximum Gasteiger partial charge on any atom is 0.224 e. The van der Waals surface area contributed by atoms with Crippen molar-refractivity contribution >= 4 is 39.1 Å². The Bertz CT molecular complexity index is 1050. The van der Waals surface area contributed by atoms with E-state index in [0.717, 1.165) is 5.56 Å². The molecule has 2 aromatic carbocycles. The summed E-state index contributed by atoms with van der Waals surface area (Å²) in [6, 6.07) is 12.0. The minimum Gasteiger partial charge on any atom is -0.496 e. The summed E-state index contributed by atoms with van der Waals surface area (Å²) in [5, 5.41) is 3.76. The summed E-state index contributed by atoms with van der Waals surface area (Å²) >= 11 is 12.1. The van der Waals surface area contributed by atoms with E-state index in [1.54, 1.807) is 19.2 Å². The maximum atomic E-state index is 13.0. The van der Waals surface area contributed by atoms with E-state index < -0.39 is 15.9 Å². The number of methoxy groups -OCH3 is 1. The first-order valence-electron chi connectivity index (χ1n) is 10.1. The van der Waals surface area contributed by atoms with Crippen molar-refractivity contribution in [1.82, 2.24) is 9.62 Å². The van der Waals surface area contributed by atoms with Crippen molar-refractivity contribution in [2.75, 3.05) is 20.2 Å². The molecule has 1 aliphatic heterocycles. The molecule has 1 saturated heterocycles. The van der Waals surface area contributed by atoms with Gasteiger partial charge in [-0.1, -0.05) is 47.5 Å². The summed E-state index contributed by atoms with van der Waals surface area (Å²) in [6.45, 7) is 2.42. The average molecular weight is 485 g/mol. The van der Waals surface area contributed by atoms with Crippen LogP contribution in [0.1, 0.15) is 36.9 Å². The molecule has 6 nitrogen and oxygen atoms in total. The number of rotatable bonds is 7.